The van der Waals surface area contributed by atoms with Crippen LogP contribution in [0.1, 0.15) is 19.8 Å². The van der Waals surface area contributed by atoms with Crippen molar-refractivity contribution in [3.05, 3.63) is 60.9 Å². The van der Waals surface area contributed by atoms with Crippen LogP contribution in [0.4, 0.5) is 0 Å². The van der Waals surface area contributed by atoms with Crippen LogP contribution in [0.5, 0.6) is 0 Å². The molecule has 2 aromatic heterocycles. The molecule has 0 saturated carbocycles. The van der Waals surface area contributed by atoms with Crippen molar-refractivity contribution in [2.45, 2.75) is 29.8 Å². The highest BCUT2D eigenvalue weighted by atomic mass is 33.1. The number of hydrogen-bond acceptors (Lipinski definition) is 5. The molecule has 0 aliphatic rings. The fourth-order valence-electron chi connectivity index (χ4n) is 1.29. The van der Waals surface area contributed by atoms with Gasteiger partial charge in [0.25, 0.3) is 0 Å². The summed E-state index contributed by atoms with van der Waals surface area (Å²) in [5, 5.41) is 10.2. The van der Waals surface area contributed by atoms with Gasteiger partial charge in [-0.1, -0.05) is 32.1 Å². The maximum absolute atomic E-state index is 9.99. The van der Waals surface area contributed by atoms with Crippen molar-refractivity contribution in [3.63, 3.8) is 0 Å². The van der Waals surface area contributed by atoms with Crippen molar-refractivity contribution in [1.82, 2.24) is 9.97 Å². The molecule has 0 unspecified atom stereocenters. The standard InChI is InChI=1S/C10H8N2S2.C6H10O2/c1-3-7-11-9(5-1)13-14-10-6-2-4-8-12-10;1-3-4-5(2)6(7)8/h1-8H;2-4H2,1H3,(H,7,8). The summed E-state index contributed by atoms with van der Waals surface area (Å²) in [7, 11) is 3.23. The molecule has 0 radical (unpaired) electrons. The minimum absolute atomic E-state index is 0.299. The van der Waals surface area contributed by atoms with Gasteiger partial charge in [-0.3, -0.25) is 0 Å². The lowest BCUT2D eigenvalue weighted by atomic mass is 10.2. The lowest BCUT2D eigenvalue weighted by Crippen LogP contribution is -1.97. The first-order chi connectivity index (χ1) is 10.6. The molecule has 0 amide bonds. The van der Waals surface area contributed by atoms with Crippen LogP contribution in [0.25, 0.3) is 0 Å². The number of aromatic nitrogens is 2. The van der Waals surface area contributed by atoms with Gasteiger partial charge in [0.2, 0.25) is 0 Å². The van der Waals surface area contributed by atoms with E-state index in [1.54, 1.807) is 34.0 Å². The van der Waals surface area contributed by atoms with Crippen molar-refractivity contribution in [2.75, 3.05) is 0 Å². The zero-order valence-electron chi connectivity index (χ0n) is 12.3. The van der Waals surface area contributed by atoms with Crippen molar-refractivity contribution < 1.29 is 9.90 Å². The van der Waals surface area contributed by atoms with Gasteiger partial charge in [-0.25, -0.2) is 14.8 Å². The number of aliphatic carboxylic acids is 1. The van der Waals surface area contributed by atoms with Crippen LogP contribution < -0.4 is 0 Å². The van der Waals surface area contributed by atoms with Gasteiger partial charge in [-0.2, -0.15) is 0 Å². The number of nitrogens with zero attached hydrogens (tertiary/aromatic N) is 2. The molecule has 4 nitrogen and oxygen atoms in total. The fourth-order valence-corrected chi connectivity index (χ4v) is 3.04. The zero-order chi connectivity index (χ0) is 16.2. The summed E-state index contributed by atoms with van der Waals surface area (Å²) in [6.07, 6.45) is 5.03. The molecule has 22 heavy (non-hydrogen) atoms. The van der Waals surface area contributed by atoms with Crippen molar-refractivity contribution >= 4 is 27.6 Å². The SMILES string of the molecule is C=C(CCC)C(=O)O.c1ccc(SSc2ccccn2)nc1. The number of hydrogen-bond donors (Lipinski definition) is 1. The van der Waals surface area contributed by atoms with E-state index < -0.39 is 5.97 Å². The van der Waals surface area contributed by atoms with Crippen molar-refractivity contribution in [3.8, 4) is 0 Å². The molecule has 116 valence electrons. The van der Waals surface area contributed by atoms with Crippen LogP contribution in [0, 0.1) is 0 Å². The number of carboxylic acids is 1. The third-order valence-corrected chi connectivity index (χ3v) is 4.52. The molecule has 0 saturated heterocycles. The van der Waals surface area contributed by atoms with Crippen LogP contribution >= 0.6 is 21.6 Å². The predicted octanol–water partition coefficient (Wildman–Crippen LogP) is 4.70. The molecule has 0 bridgehead atoms. The topological polar surface area (TPSA) is 63.1 Å². The molecule has 0 aliphatic heterocycles. The van der Waals surface area contributed by atoms with Gasteiger partial charge in [0, 0.05) is 18.0 Å². The Balaban J connectivity index is 0.000000261. The van der Waals surface area contributed by atoms with E-state index in [-0.39, 0.29) is 0 Å². The molecule has 0 spiro atoms. The average Bonchev–Trinajstić information content (AvgIpc) is 2.56. The molecule has 2 rings (SSSR count). The number of rotatable bonds is 6. The Bertz CT molecular complexity index is 538. The van der Waals surface area contributed by atoms with E-state index in [9.17, 15) is 4.79 Å². The van der Waals surface area contributed by atoms with E-state index in [1.165, 1.54) is 0 Å². The van der Waals surface area contributed by atoms with E-state index in [0.29, 0.717) is 12.0 Å². The Morgan fingerprint density at radius 1 is 1.09 bits per heavy atom. The number of carbonyl (C=O) groups is 1. The lowest BCUT2D eigenvalue weighted by Gasteiger charge is -1.97. The highest BCUT2D eigenvalue weighted by Gasteiger charge is 1.99. The molecule has 0 aromatic carbocycles. The summed E-state index contributed by atoms with van der Waals surface area (Å²) in [5.41, 5.74) is 0.299. The Labute approximate surface area is 138 Å². The normalized spacial score (nSPS) is 9.50. The third-order valence-electron chi connectivity index (χ3n) is 2.34. The Kier molecular flexibility index (Phi) is 9.02. The summed E-state index contributed by atoms with van der Waals surface area (Å²) in [6.45, 7) is 5.27. The fraction of sp³-hybridized carbons (Fsp3) is 0.188. The summed E-state index contributed by atoms with van der Waals surface area (Å²) in [5.74, 6) is -0.883. The van der Waals surface area contributed by atoms with Crippen LogP contribution in [0.15, 0.2) is 71.0 Å². The quantitative estimate of drug-likeness (QED) is 0.610. The maximum atomic E-state index is 9.99. The van der Waals surface area contributed by atoms with Gasteiger partial charge in [0.05, 0.1) is 0 Å². The summed E-state index contributed by atoms with van der Waals surface area (Å²) in [6, 6.07) is 11.8. The monoisotopic (exact) mass is 334 g/mol. The van der Waals surface area contributed by atoms with Crippen molar-refractivity contribution in [2.24, 2.45) is 0 Å². The van der Waals surface area contributed by atoms with Gasteiger partial charge in [0.15, 0.2) is 0 Å². The first-order valence-electron chi connectivity index (χ1n) is 6.71. The molecular weight excluding hydrogens is 316 g/mol. The second-order valence-corrected chi connectivity index (χ2v) is 6.33. The Morgan fingerprint density at radius 2 is 1.59 bits per heavy atom. The van der Waals surface area contributed by atoms with Gasteiger partial charge in [0.1, 0.15) is 10.1 Å². The van der Waals surface area contributed by atoms with Crippen LogP contribution in [0.2, 0.25) is 0 Å². The molecule has 0 fully saturated rings. The van der Waals surface area contributed by atoms with Gasteiger partial charge < -0.3 is 5.11 Å². The third kappa shape index (κ3) is 7.85. The Hall–Kier alpha value is -1.79. The van der Waals surface area contributed by atoms with E-state index in [0.717, 1.165) is 16.5 Å². The molecule has 1 N–H and O–H groups in total. The summed E-state index contributed by atoms with van der Waals surface area (Å²) < 4.78 is 0. The van der Waals surface area contributed by atoms with Crippen molar-refractivity contribution in [1.29, 1.82) is 0 Å². The highest BCUT2D eigenvalue weighted by molar-refractivity contribution is 8.76. The van der Waals surface area contributed by atoms with Gasteiger partial charge in [-0.05, 0) is 52.3 Å². The molecule has 6 heteroatoms. The van der Waals surface area contributed by atoms with Crippen LogP contribution in [-0.2, 0) is 4.79 Å². The predicted molar refractivity (Wildman–Crippen MR) is 91.9 cm³/mol. The van der Waals surface area contributed by atoms with E-state index in [1.807, 2.05) is 43.3 Å². The highest BCUT2D eigenvalue weighted by Crippen LogP contribution is 2.34. The van der Waals surface area contributed by atoms with Crippen LogP contribution in [-0.4, -0.2) is 21.0 Å². The molecule has 0 atom stereocenters. The van der Waals surface area contributed by atoms with Gasteiger partial charge in [-0.15, -0.1) is 0 Å². The first kappa shape index (κ1) is 18.3. The molecule has 0 aliphatic carbocycles. The minimum atomic E-state index is -0.883. The molecular formula is C16H18N2O2S2. The molecule has 2 aromatic rings. The number of carboxylic acid groups (broad SMARTS) is 1. The lowest BCUT2D eigenvalue weighted by molar-refractivity contribution is -0.132. The smallest absolute Gasteiger partial charge is 0.330 e. The largest absolute Gasteiger partial charge is 0.478 e. The average molecular weight is 334 g/mol. The van der Waals surface area contributed by atoms with E-state index >= 15 is 0 Å². The second-order valence-electron chi connectivity index (χ2n) is 4.16. The first-order valence-corrected chi connectivity index (χ1v) is 8.86. The van der Waals surface area contributed by atoms with E-state index in [4.69, 9.17) is 5.11 Å². The minimum Gasteiger partial charge on any atom is -0.478 e. The van der Waals surface area contributed by atoms with E-state index in [2.05, 4.69) is 16.5 Å². The second kappa shape index (κ2) is 10.9. The maximum Gasteiger partial charge on any atom is 0.330 e. The summed E-state index contributed by atoms with van der Waals surface area (Å²) in [4.78, 5) is 18.4. The van der Waals surface area contributed by atoms with Crippen LogP contribution in [0.3, 0.4) is 0 Å². The Morgan fingerprint density at radius 3 is 1.86 bits per heavy atom. The molecule has 2 heterocycles. The zero-order valence-corrected chi connectivity index (χ0v) is 13.9. The summed E-state index contributed by atoms with van der Waals surface area (Å²) >= 11 is 0. The van der Waals surface area contributed by atoms with Gasteiger partial charge >= 0.3 is 5.97 Å². The number of pyridine rings is 2.